The Morgan fingerprint density at radius 3 is 2.68 bits per heavy atom. The largest absolute Gasteiger partial charge is 0.354 e. The van der Waals surface area contributed by atoms with Gasteiger partial charge in [-0.2, -0.15) is 4.98 Å². The summed E-state index contributed by atoms with van der Waals surface area (Å²) in [4.78, 5) is 15.4. The normalized spacial score (nSPS) is 10.5. The highest BCUT2D eigenvalue weighted by Crippen LogP contribution is 2.17. The molecule has 6 heteroatoms. The van der Waals surface area contributed by atoms with Crippen LogP contribution in [-0.4, -0.2) is 28.5 Å². The average molecular weight is 277 g/mol. The van der Waals surface area contributed by atoms with E-state index in [1.165, 1.54) is 0 Å². The summed E-state index contributed by atoms with van der Waals surface area (Å²) in [5, 5.41) is 6.33. The molecule has 0 amide bonds. The lowest BCUT2D eigenvalue weighted by atomic mass is 10.3. The number of anilines is 2. The Morgan fingerprint density at radius 2 is 2.05 bits per heavy atom. The van der Waals surface area contributed by atoms with Gasteiger partial charge in [0.2, 0.25) is 5.95 Å². The molecule has 102 valence electrons. The van der Waals surface area contributed by atoms with Crippen LogP contribution in [0.5, 0.6) is 0 Å². The van der Waals surface area contributed by atoms with Crippen molar-refractivity contribution in [3.05, 3.63) is 27.8 Å². The van der Waals surface area contributed by atoms with E-state index in [0.717, 1.165) is 35.3 Å². The van der Waals surface area contributed by atoms with E-state index in [2.05, 4.69) is 30.5 Å². The summed E-state index contributed by atoms with van der Waals surface area (Å²) in [6.07, 6.45) is 0. The summed E-state index contributed by atoms with van der Waals surface area (Å²) in [5.41, 5.74) is 2.04. The van der Waals surface area contributed by atoms with Gasteiger partial charge in [0.25, 0.3) is 0 Å². The van der Waals surface area contributed by atoms with Gasteiger partial charge in [-0.3, -0.25) is 0 Å². The van der Waals surface area contributed by atoms with Gasteiger partial charge in [0.1, 0.15) is 5.82 Å². The molecule has 2 heterocycles. The SMILES string of the molecule is CCNc1nc(C)cc(N(C)Cc2csc(C)n2)n1. The van der Waals surface area contributed by atoms with Crippen molar-refractivity contribution in [1.29, 1.82) is 0 Å². The van der Waals surface area contributed by atoms with Crippen LogP contribution in [0.1, 0.15) is 23.3 Å². The van der Waals surface area contributed by atoms with Gasteiger partial charge in [-0.1, -0.05) is 0 Å². The van der Waals surface area contributed by atoms with E-state index in [4.69, 9.17) is 0 Å². The molecule has 2 rings (SSSR count). The standard InChI is InChI=1S/C13H19N5S/c1-5-14-13-15-9(2)6-12(17-13)18(4)7-11-8-19-10(3)16-11/h6,8H,5,7H2,1-4H3,(H,14,15,17). The Bertz CT molecular complexity index is 552. The Morgan fingerprint density at radius 1 is 1.26 bits per heavy atom. The third-order valence-corrected chi connectivity index (χ3v) is 3.45. The number of aromatic nitrogens is 3. The molecule has 0 radical (unpaired) electrons. The molecule has 19 heavy (non-hydrogen) atoms. The smallest absolute Gasteiger partial charge is 0.224 e. The first-order valence-electron chi connectivity index (χ1n) is 6.30. The van der Waals surface area contributed by atoms with Crippen molar-refractivity contribution in [2.24, 2.45) is 0 Å². The van der Waals surface area contributed by atoms with E-state index >= 15 is 0 Å². The van der Waals surface area contributed by atoms with Gasteiger partial charge in [-0.15, -0.1) is 11.3 Å². The number of nitrogens with zero attached hydrogens (tertiary/aromatic N) is 4. The molecule has 0 aliphatic carbocycles. The molecule has 0 bridgehead atoms. The predicted molar refractivity (Wildman–Crippen MR) is 79.9 cm³/mol. The summed E-state index contributed by atoms with van der Waals surface area (Å²) < 4.78 is 0. The molecule has 0 atom stereocenters. The third-order valence-electron chi connectivity index (χ3n) is 2.63. The molecule has 2 aromatic heterocycles. The lowest BCUT2D eigenvalue weighted by Crippen LogP contribution is -2.19. The van der Waals surface area contributed by atoms with Gasteiger partial charge in [0, 0.05) is 30.7 Å². The number of rotatable bonds is 5. The fourth-order valence-electron chi connectivity index (χ4n) is 1.79. The van der Waals surface area contributed by atoms with Gasteiger partial charge in [0.05, 0.1) is 17.2 Å². The van der Waals surface area contributed by atoms with Gasteiger partial charge < -0.3 is 10.2 Å². The minimum Gasteiger partial charge on any atom is -0.354 e. The summed E-state index contributed by atoms with van der Waals surface area (Å²) in [6.45, 7) is 7.61. The maximum absolute atomic E-state index is 4.51. The molecule has 0 spiro atoms. The van der Waals surface area contributed by atoms with Crippen LogP contribution in [0.25, 0.3) is 0 Å². The van der Waals surface area contributed by atoms with Crippen LogP contribution in [0.2, 0.25) is 0 Å². The Labute approximate surface area is 117 Å². The van der Waals surface area contributed by atoms with Crippen molar-refractivity contribution < 1.29 is 0 Å². The van der Waals surface area contributed by atoms with E-state index in [1.807, 2.05) is 33.9 Å². The molecular weight excluding hydrogens is 258 g/mol. The lowest BCUT2D eigenvalue weighted by molar-refractivity contribution is 0.861. The zero-order chi connectivity index (χ0) is 13.8. The zero-order valence-electron chi connectivity index (χ0n) is 11.8. The molecule has 5 nitrogen and oxygen atoms in total. The lowest BCUT2D eigenvalue weighted by Gasteiger charge is -2.18. The third kappa shape index (κ3) is 3.64. The minimum absolute atomic E-state index is 0.679. The first-order chi connectivity index (χ1) is 9.08. The van der Waals surface area contributed by atoms with Gasteiger partial charge in [0.15, 0.2) is 0 Å². The number of nitrogens with one attached hydrogen (secondary N) is 1. The quantitative estimate of drug-likeness (QED) is 0.910. The van der Waals surface area contributed by atoms with E-state index in [1.54, 1.807) is 11.3 Å². The number of hydrogen-bond donors (Lipinski definition) is 1. The molecule has 0 fully saturated rings. The van der Waals surface area contributed by atoms with Crippen molar-refractivity contribution in [3.8, 4) is 0 Å². The monoisotopic (exact) mass is 277 g/mol. The second-order valence-corrected chi connectivity index (χ2v) is 5.50. The van der Waals surface area contributed by atoms with Crippen LogP contribution in [0.3, 0.4) is 0 Å². The van der Waals surface area contributed by atoms with Gasteiger partial charge in [-0.05, 0) is 20.8 Å². The van der Waals surface area contributed by atoms with Crippen LogP contribution in [-0.2, 0) is 6.54 Å². The predicted octanol–water partition coefficient (Wildman–Crippen LogP) is 2.62. The zero-order valence-corrected chi connectivity index (χ0v) is 12.6. The molecular formula is C13H19N5S. The molecule has 0 saturated heterocycles. The Hall–Kier alpha value is -1.69. The summed E-state index contributed by atoms with van der Waals surface area (Å²) >= 11 is 1.67. The molecule has 0 aromatic carbocycles. The van der Waals surface area contributed by atoms with E-state index in [0.29, 0.717) is 5.95 Å². The van der Waals surface area contributed by atoms with Gasteiger partial charge in [-0.25, -0.2) is 9.97 Å². The number of aryl methyl sites for hydroxylation is 2. The first kappa shape index (κ1) is 13.7. The van der Waals surface area contributed by atoms with Crippen LogP contribution in [0, 0.1) is 13.8 Å². The van der Waals surface area contributed by atoms with Gasteiger partial charge >= 0.3 is 0 Å². The van der Waals surface area contributed by atoms with Crippen molar-refractivity contribution in [2.45, 2.75) is 27.3 Å². The highest BCUT2D eigenvalue weighted by atomic mass is 32.1. The van der Waals surface area contributed by atoms with Crippen LogP contribution in [0.15, 0.2) is 11.4 Å². The second kappa shape index (κ2) is 5.97. The van der Waals surface area contributed by atoms with E-state index < -0.39 is 0 Å². The van der Waals surface area contributed by atoms with Crippen molar-refractivity contribution >= 4 is 23.1 Å². The minimum atomic E-state index is 0.679. The van der Waals surface area contributed by atoms with Crippen LogP contribution in [0.4, 0.5) is 11.8 Å². The fraction of sp³-hybridized carbons (Fsp3) is 0.462. The summed E-state index contributed by atoms with van der Waals surface area (Å²) in [7, 11) is 2.02. The highest BCUT2D eigenvalue weighted by Gasteiger charge is 2.08. The van der Waals surface area contributed by atoms with Crippen LogP contribution >= 0.6 is 11.3 Å². The molecule has 1 N–H and O–H groups in total. The Balaban J connectivity index is 2.15. The summed E-state index contributed by atoms with van der Waals surface area (Å²) in [5.74, 6) is 1.59. The Kier molecular flexibility index (Phi) is 4.31. The number of thiazole rings is 1. The second-order valence-electron chi connectivity index (χ2n) is 4.44. The number of hydrogen-bond acceptors (Lipinski definition) is 6. The molecule has 2 aromatic rings. The van der Waals surface area contributed by atoms with Crippen molar-refractivity contribution in [1.82, 2.24) is 15.0 Å². The molecule has 0 unspecified atom stereocenters. The fourth-order valence-corrected chi connectivity index (χ4v) is 2.39. The molecule has 0 aliphatic rings. The maximum atomic E-state index is 4.51. The molecule has 0 saturated carbocycles. The average Bonchev–Trinajstić information content (AvgIpc) is 2.74. The summed E-state index contributed by atoms with van der Waals surface area (Å²) in [6, 6.07) is 1.99. The highest BCUT2D eigenvalue weighted by molar-refractivity contribution is 7.09. The van der Waals surface area contributed by atoms with Crippen molar-refractivity contribution in [3.63, 3.8) is 0 Å². The maximum Gasteiger partial charge on any atom is 0.224 e. The molecule has 0 aliphatic heterocycles. The van der Waals surface area contributed by atoms with E-state index in [9.17, 15) is 0 Å². The van der Waals surface area contributed by atoms with Crippen molar-refractivity contribution in [2.75, 3.05) is 23.8 Å². The first-order valence-corrected chi connectivity index (χ1v) is 7.18. The van der Waals surface area contributed by atoms with Crippen LogP contribution < -0.4 is 10.2 Å². The van der Waals surface area contributed by atoms with E-state index in [-0.39, 0.29) is 0 Å². The topological polar surface area (TPSA) is 53.9 Å².